The van der Waals surface area contributed by atoms with Crippen LogP contribution in [-0.2, 0) is 16.0 Å². The minimum absolute atomic E-state index is 0.182. The van der Waals surface area contributed by atoms with Crippen molar-refractivity contribution in [2.45, 2.75) is 13.3 Å². The number of H-pyrrole nitrogens is 1. The number of carbonyl (C=O) groups is 4. The van der Waals surface area contributed by atoms with Crippen molar-refractivity contribution in [2.75, 3.05) is 18.0 Å². The third-order valence-electron chi connectivity index (χ3n) is 5.49. The van der Waals surface area contributed by atoms with Crippen LogP contribution in [0.5, 0.6) is 0 Å². The minimum atomic E-state index is -1.26. The lowest BCUT2D eigenvalue weighted by molar-refractivity contribution is -0.136. The van der Waals surface area contributed by atoms with E-state index in [1.54, 1.807) is 36.4 Å². The number of carboxylic acid groups (broad SMARTS) is 1. The van der Waals surface area contributed by atoms with Crippen molar-refractivity contribution < 1.29 is 24.3 Å². The van der Waals surface area contributed by atoms with Gasteiger partial charge in [0.25, 0.3) is 5.91 Å². The summed E-state index contributed by atoms with van der Waals surface area (Å²) >= 11 is 7.38. The molecular formula is C26H22ClN3O5S. The van der Waals surface area contributed by atoms with Crippen molar-refractivity contribution in [3.8, 4) is 0 Å². The van der Waals surface area contributed by atoms with Crippen molar-refractivity contribution >= 4 is 62.4 Å². The highest BCUT2D eigenvalue weighted by molar-refractivity contribution is 7.16. The highest BCUT2D eigenvalue weighted by atomic mass is 35.5. The number of rotatable bonds is 9. The molecule has 3 N–H and O–H groups in total. The second-order valence-corrected chi connectivity index (χ2v) is 9.44. The molecule has 4 aromatic rings. The number of fused-ring (bicyclic) bond motifs is 1. The molecule has 36 heavy (non-hydrogen) atoms. The van der Waals surface area contributed by atoms with Gasteiger partial charge in [-0.2, -0.15) is 0 Å². The standard InChI is InChI=1S/C26H22ClN3O5S/c1-2-16-12-18(24(34)17-8-4-5-9-19(17)27)26(36-16)30(14-23(32)33)22(31)13-28-25(35)21-11-15-7-3-6-10-20(15)29-21/h3-12,29H,2,13-14H2,1H3,(H,28,35)(H,32,33). The SMILES string of the molecule is CCc1cc(C(=O)c2ccccc2Cl)c(N(CC(=O)O)C(=O)CNC(=O)c2cc3ccccc3[nH]2)s1. The summed E-state index contributed by atoms with van der Waals surface area (Å²) in [4.78, 5) is 55.6. The fourth-order valence-corrected chi connectivity index (χ4v) is 5.04. The second-order valence-electron chi connectivity index (χ2n) is 7.92. The predicted molar refractivity (Wildman–Crippen MR) is 139 cm³/mol. The Labute approximate surface area is 215 Å². The molecule has 4 rings (SSSR count). The summed E-state index contributed by atoms with van der Waals surface area (Å²) < 4.78 is 0. The summed E-state index contributed by atoms with van der Waals surface area (Å²) in [6.07, 6.45) is 0.583. The molecule has 0 radical (unpaired) electrons. The van der Waals surface area contributed by atoms with E-state index in [9.17, 15) is 24.3 Å². The molecule has 2 aromatic carbocycles. The first-order chi connectivity index (χ1) is 17.3. The number of nitrogens with one attached hydrogen (secondary N) is 2. The Hall–Kier alpha value is -3.95. The van der Waals surface area contributed by atoms with E-state index in [1.165, 1.54) is 0 Å². The van der Waals surface area contributed by atoms with Crippen molar-refractivity contribution in [3.05, 3.63) is 87.4 Å². The number of amides is 2. The maximum Gasteiger partial charge on any atom is 0.323 e. The molecule has 0 bridgehead atoms. The fraction of sp³-hybridized carbons (Fsp3) is 0.154. The molecule has 2 heterocycles. The van der Waals surface area contributed by atoms with Crippen LogP contribution in [0.25, 0.3) is 10.9 Å². The van der Waals surface area contributed by atoms with E-state index in [-0.39, 0.29) is 26.8 Å². The van der Waals surface area contributed by atoms with Crippen molar-refractivity contribution in [3.63, 3.8) is 0 Å². The van der Waals surface area contributed by atoms with Gasteiger partial charge in [0.05, 0.1) is 17.1 Å². The summed E-state index contributed by atoms with van der Waals surface area (Å²) in [5, 5.41) is 13.3. The number of aromatic amines is 1. The minimum Gasteiger partial charge on any atom is -0.480 e. The largest absolute Gasteiger partial charge is 0.480 e. The molecule has 2 amide bonds. The van der Waals surface area contributed by atoms with Gasteiger partial charge >= 0.3 is 5.97 Å². The summed E-state index contributed by atoms with van der Waals surface area (Å²) in [6.45, 7) is 0.761. The van der Waals surface area contributed by atoms with E-state index < -0.39 is 36.7 Å². The van der Waals surface area contributed by atoms with Gasteiger partial charge in [-0.1, -0.05) is 48.9 Å². The third kappa shape index (κ3) is 5.32. The maximum atomic E-state index is 13.3. The molecule has 0 aliphatic heterocycles. The van der Waals surface area contributed by atoms with Gasteiger partial charge < -0.3 is 15.4 Å². The Kier molecular flexibility index (Phi) is 7.52. The number of benzene rings is 2. The first-order valence-electron chi connectivity index (χ1n) is 11.1. The number of thiophene rings is 1. The number of carboxylic acids is 1. The zero-order valence-electron chi connectivity index (χ0n) is 19.2. The molecular weight excluding hydrogens is 502 g/mol. The van der Waals surface area contributed by atoms with Gasteiger partial charge in [0.1, 0.15) is 17.2 Å². The van der Waals surface area contributed by atoms with Crippen LogP contribution >= 0.6 is 22.9 Å². The Balaban J connectivity index is 1.60. The molecule has 0 fully saturated rings. The number of ketones is 1. The maximum absolute atomic E-state index is 13.3. The molecule has 10 heteroatoms. The molecule has 184 valence electrons. The van der Waals surface area contributed by atoms with Gasteiger partial charge in [0.2, 0.25) is 5.91 Å². The van der Waals surface area contributed by atoms with E-state index in [0.29, 0.717) is 6.42 Å². The Morgan fingerprint density at radius 3 is 2.44 bits per heavy atom. The van der Waals surface area contributed by atoms with Crippen LogP contribution in [0.15, 0.2) is 60.7 Å². The van der Waals surface area contributed by atoms with Crippen LogP contribution < -0.4 is 10.2 Å². The Morgan fingerprint density at radius 1 is 1.03 bits per heavy atom. The molecule has 0 unspecified atom stereocenters. The van der Waals surface area contributed by atoms with Gasteiger partial charge in [-0.15, -0.1) is 11.3 Å². The number of hydrogen-bond acceptors (Lipinski definition) is 5. The molecule has 0 spiro atoms. The number of hydrogen-bond donors (Lipinski definition) is 3. The lowest BCUT2D eigenvalue weighted by atomic mass is 10.0. The van der Waals surface area contributed by atoms with Crippen LogP contribution in [0, 0.1) is 0 Å². The summed E-state index contributed by atoms with van der Waals surface area (Å²) in [7, 11) is 0. The third-order valence-corrected chi connectivity index (χ3v) is 7.12. The van der Waals surface area contributed by atoms with Crippen molar-refractivity contribution in [2.24, 2.45) is 0 Å². The lowest BCUT2D eigenvalue weighted by Gasteiger charge is -2.21. The molecule has 8 nitrogen and oxygen atoms in total. The van der Waals surface area contributed by atoms with E-state index in [1.807, 2.05) is 31.2 Å². The summed E-state index contributed by atoms with van der Waals surface area (Å²) in [6, 6.07) is 17.2. The highest BCUT2D eigenvalue weighted by Gasteiger charge is 2.28. The number of aliphatic carboxylic acids is 1. The number of aryl methyl sites for hydroxylation is 1. The van der Waals surface area contributed by atoms with Crippen LogP contribution in [0.4, 0.5) is 5.00 Å². The number of para-hydroxylation sites is 1. The fourth-order valence-electron chi connectivity index (χ4n) is 3.71. The molecule has 0 aliphatic carbocycles. The second kappa shape index (κ2) is 10.8. The summed E-state index contributed by atoms with van der Waals surface area (Å²) in [5.41, 5.74) is 1.47. The molecule has 0 saturated carbocycles. The zero-order chi connectivity index (χ0) is 25.8. The smallest absolute Gasteiger partial charge is 0.323 e. The number of halogens is 1. The van der Waals surface area contributed by atoms with Gasteiger partial charge in [-0.25, -0.2) is 0 Å². The average Bonchev–Trinajstić information content (AvgIpc) is 3.50. The van der Waals surface area contributed by atoms with Crippen molar-refractivity contribution in [1.29, 1.82) is 0 Å². The molecule has 0 aliphatic rings. The van der Waals surface area contributed by atoms with E-state index >= 15 is 0 Å². The van der Waals surface area contributed by atoms with E-state index in [4.69, 9.17) is 11.6 Å². The van der Waals surface area contributed by atoms with Gasteiger partial charge in [0, 0.05) is 21.3 Å². The van der Waals surface area contributed by atoms with E-state index in [0.717, 1.165) is 32.0 Å². The quantitative estimate of drug-likeness (QED) is 0.279. The normalized spacial score (nSPS) is 10.8. The predicted octanol–water partition coefficient (Wildman–Crippen LogP) is 4.52. The number of aromatic nitrogens is 1. The molecule has 2 aromatic heterocycles. The first-order valence-corrected chi connectivity index (χ1v) is 12.3. The van der Waals surface area contributed by atoms with Crippen LogP contribution in [0.1, 0.15) is 38.2 Å². The first kappa shape index (κ1) is 25.2. The molecule has 0 saturated heterocycles. The monoisotopic (exact) mass is 523 g/mol. The number of anilines is 1. The van der Waals surface area contributed by atoms with Crippen LogP contribution in [-0.4, -0.2) is 46.7 Å². The number of carbonyl (C=O) groups excluding carboxylic acids is 3. The summed E-state index contributed by atoms with van der Waals surface area (Å²) in [5.74, 6) is -2.85. The highest BCUT2D eigenvalue weighted by Crippen LogP contribution is 2.35. The topological polar surface area (TPSA) is 120 Å². The van der Waals surface area contributed by atoms with Crippen molar-refractivity contribution in [1.82, 2.24) is 10.3 Å². The zero-order valence-corrected chi connectivity index (χ0v) is 20.8. The van der Waals surface area contributed by atoms with Crippen LogP contribution in [0.2, 0.25) is 5.02 Å². The van der Waals surface area contributed by atoms with E-state index in [2.05, 4.69) is 10.3 Å². The Bertz CT molecular complexity index is 1440. The van der Waals surface area contributed by atoms with Gasteiger partial charge in [-0.05, 0) is 36.8 Å². The average molecular weight is 524 g/mol. The molecule has 0 atom stereocenters. The van der Waals surface area contributed by atoms with Gasteiger partial charge in [0.15, 0.2) is 5.78 Å². The van der Waals surface area contributed by atoms with Crippen LogP contribution in [0.3, 0.4) is 0 Å². The van der Waals surface area contributed by atoms with Gasteiger partial charge in [-0.3, -0.25) is 24.1 Å². The number of nitrogens with zero attached hydrogens (tertiary/aromatic N) is 1. The lowest BCUT2D eigenvalue weighted by Crippen LogP contribution is -2.43. The Morgan fingerprint density at radius 2 is 1.75 bits per heavy atom.